The van der Waals surface area contributed by atoms with Crippen molar-refractivity contribution in [1.29, 1.82) is 0 Å². The van der Waals surface area contributed by atoms with Crippen LogP contribution in [0, 0.1) is 0 Å². The van der Waals surface area contributed by atoms with Crippen LogP contribution in [-0.4, -0.2) is 60.9 Å². The van der Waals surface area contributed by atoms with Crippen molar-refractivity contribution in [2.75, 3.05) is 18.9 Å². The molecular weight excluding hydrogens is 604 g/mol. The predicted octanol–water partition coefficient (Wildman–Crippen LogP) is 6.95. The molecule has 3 aromatic heterocycles. The predicted molar refractivity (Wildman–Crippen MR) is 186 cm³/mol. The van der Waals surface area contributed by atoms with E-state index in [1.807, 2.05) is 61.7 Å². The zero-order valence-corrected chi connectivity index (χ0v) is 29.2. The third-order valence-electron chi connectivity index (χ3n) is 9.14. The first-order chi connectivity index (χ1) is 22.8. The summed E-state index contributed by atoms with van der Waals surface area (Å²) in [6.07, 6.45) is 6.76. The smallest absolute Gasteiger partial charge is 0.320 e. The summed E-state index contributed by atoms with van der Waals surface area (Å²) in [7, 11) is 2.11. The molecule has 2 aliphatic carbocycles. The van der Waals surface area contributed by atoms with Crippen LogP contribution in [0.5, 0.6) is 5.75 Å². The number of benzene rings is 1. The van der Waals surface area contributed by atoms with Crippen molar-refractivity contribution in [2.24, 2.45) is 0 Å². The fourth-order valence-corrected chi connectivity index (χ4v) is 6.27. The summed E-state index contributed by atoms with van der Waals surface area (Å²) in [5, 5.41) is 14.8. The van der Waals surface area contributed by atoms with Gasteiger partial charge in [0, 0.05) is 29.4 Å². The van der Waals surface area contributed by atoms with Crippen molar-refractivity contribution < 1.29 is 14.3 Å². The number of carbonyl (C=O) groups is 2. The van der Waals surface area contributed by atoms with Crippen LogP contribution in [0.25, 0.3) is 5.65 Å². The standard InChI is InChI=1S/C37H48N8O3/c1-36(2,3)30-21-31(40-33(39-30)28(46)13-10-20-44(7)23-14-15-23)41-35(47)38-27-17-18-29(26-12-9-8-11-25(26)27)48-24-16-19-32-42-43-34(37(4,5)6)45(32)22-24/h8-9,11-12,16,19,21-23,27,29H,10,13-15,17-18,20H2,1-7H3,(H2,38,39,40,41,47)/t27-,29+/m0/s1. The third kappa shape index (κ3) is 7.67. The molecule has 2 amide bonds. The summed E-state index contributed by atoms with van der Waals surface area (Å²) in [6.45, 7) is 13.3. The van der Waals surface area contributed by atoms with Crippen LogP contribution in [0.1, 0.15) is 125 Å². The lowest BCUT2D eigenvalue weighted by Gasteiger charge is -2.32. The summed E-state index contributed by atoms with van der Waals surface area (Å²) >= 11 is 0. The molecule has 0 unspecified atom stereocenters. The number of nitrogens with one attached hydrogen (secondary N) is 2. The summed E-state index contributed by atoms with van der Waals surface area (Å²) in [4.78, 5) is 38.0. The first-order valence-electron chi connectivity index (χ1n) is 17.1. The van der Waals surface area contributed by atoms with Gasteiger partial charge < -0.3 is 15.0 Å². The molecule has 0 bridgehead atoms. The van der Waals surface area contributed by atoms with Gasteiger partial charge in [-0.25, -0.2) is 14.8 Å². The van der Waals surface area contributed by atoms with Gasteiger partial charge in [-0.1, -0.05) is 65.8 Å². The minimum absolute atomic E-state index is 0.112. The van der Waals surface area contributed by atoms with Gasteiger partial charge in [0.2, 0.25) is 0 Å². The number of anilines is 1. The van der Waals surface area contributed by atoms with E-state index in [2.05, 4.69) is 69.6 Å². The highest BCUT2D eigenvalue weighted by Crippen LogP contribution is 2.39. The Morgan fingerprint density at radius 2 is 1.69 bits per heavy atom. The molecule has 2 N–H and O–H groups in total. The highest BCUT2D eigenvalue weighted by molar-refractivity contribution is 5.94. The van der Waals surface area contributed by atoms with E-state index in [9.17, 15) is 9.59 Å². The largest absolute Gasteiger partial charge is 0.484 e. The van der Waals surface area contributed by atoms with Crippen LogP contribution in [0.3, 0.4) is 0 Å². The van der Waals surface area contributed by atoms with Crippen LogP contribution >= 0.6 is 0 Å². The number of Topliss-reactive ketones (excluding diaryl/α,β-unsaturated/α-hetero) is 1. The van der Waals surface area contributed by atoms with E-state index in [0.717, 1.165) is 41.3 Å². The van der Waals surface area contributed by atoms with Crippen molar-refractivity contribution >= 4 is 23.3 Å². The van der Waals surface area contributed by atoms with Crippen molar-refractivity contribution in [3.05, 3.63) is 77.1 Å². The van der Waals surface area contributed by atoms with Crippen LogP contribution in [0.2, 0.25) is 0 Å². The summed E-state index contributed by atoms with van der Waals surface area (Å²) in [5.41, 5.74) is 3.02. The minimum atomic E-state index is -0.384. The van der Waals surface area contributed by atoms with Gasteiger partial charge in [0.05, 0.1) is 17.9 Å². The average Bonchev–Trinajstić information content (AvgIpc) is 3.79. The average molecular weight is 653 g/mol. The number of aromatic nitrogens is 5. The van der Waals surface area contributed by atoms with E-state index in [1.54, 1.807) is 6.07 Å². The Bertz CT molecular complexity index is 1800. The van der Waals surface area contributed by atoms with Crippen LogP contribution in [0.4, 0.5) is 10.6 Å². The molecule has 3 heterocycles. The Morgan fingerprint density at radius 1 is 0.938 bits per heavy atom. The van der Waals surface area contributed by atoms with E-state index in [0.29, 0.717) is 36.8 Å². The molecule has 1 aromatic carbocycles. The fraction of sp³-hybridized carbons (Fsp3) is 0.514. The third-order valence-corrected chi connectivity index (χ3v) is 9.14. The van der Waals surface area contributed by atoms with E-state index < -0.39 is 0 Å². The number of pyridine rings is 1. The number of urea groups is 1. The van der Waals surface area contributed by atoms with Crippen molar-refractivity contribution in [1.82, 2.24) is 34.8 Å². The van der Waals surface area contributed by atoms with Gasteiger partial charge in [-0.3, -0.25) is 14.5 Å². The van der Waals surface area contributed by atoms with Crippen molar-refractivity contribution in [2.45, 2.75) is 109 Å². The summed E-state index contributed by atoms with van der Waals surface area (Å²) in [6, 6.07) is 13.7. The molecule has 6 rings (SSSR count). The first-order valence-corrected chi connectivity index (χ1v) is 17.1. The molecule has 4 aromatic rings. The number of hydrogen-bond donors (Lipinski definition) is 2. The number of fused-ring (bicyclic) bond motifs is 2. The second-order valence-corrected chi connectivity index (χ2v) is 15.3. The number of amides is 2. The van der Waals surface area contributed by atoms with Crippen LogP contribution < -0.4 is 15.4 Å². The summed E-state index contributed by atoms with van der Waals surface area (Å²) in [5.74, 6) is 1.95. The number of rotatable bonds is 10. The Morgan fingerprint density at radius 3 is 2.40 bits per heavy atom. The Labute approximate surface area is 282 Å². The molecule has 1 fully saturated rings. The topological polar surface area (TPSA) is 127 Å². The lowest BCUT2D eigenvalue weighted by molar-refractivity contribution is 0.0965. The minimum Gasteiger partial charge on any atom is -0.484 e. The second-order valence-electron chi connectivity index (χ2n) is 15.3. The maximum absolute atomic E-state index is 13.4. The van der Waals surface area contributed by atoms with Gasteiger partial charge in [-0.15, -0.1) is 10.2 Å². The maximum atomic E-state index is 13.4. The number of hydrogen-bond acceptors (Lipinski definition) is 8. The molecule has 254 valence electrons. The molecular formula is C37H48N8O3. The fourth-order valence-electron chi connectivity index (χ4n) is 6.27. The van der Waals surface area contributed by atoms with Gasteiger partial charge in [0.1, 0.15) is 23.5 Å². The number of nitrogens with zero attached hydrogens (tertiary/aromatic N) is 6. The van der Waals surface area contributed by atoms with E-state index >= 15 is 0 Å². The molecule has 0 spiro atoms. The van der Waals surface area contributed by atoms with Gasteiger partial charge in [-0.05, 0) is 69.0 Å². The molecule has 11 nitrogen and oxygen atoms in total. The van der Waals surface area contributed by atoms with Crippen LogP contribution in [0.15, 0.2) is 48.7 Å². The molecule has 11 heteroatoms. The van der Waals surface area contributed by atoms with Crippen molar-refractivity contribution in [3.63, 3.8) is 0 Å². The number of ketones is 1. The van der Waals surface area contributed by atoms with E-state index in [4.69, 9.17) is 4.74 Å². The Balaban J connectivity index is 1.14. The van der Waals surface area contributed by atoms with Crippen molar-refractivity contribution in [3.8, 4) is 5.75 Å². The molecule has 0 aliphatic heterocycles. The first kappa shape index (κ1) is 33.5. The molecule has 2 atom stereocenters. The SMILES string of the molecule is CN(CCCC(=O)c1nc(NC(=O)N[C@H]2CC[C@@H](Oc3ccc4nnc(C(C)(C)C)n4c3)c3ccccc32)cc(C(C)(C)C)n1)C1CC1. The molecule has 0 radical (unpaired) electrons. The maximum Gasteiger partial charge on any atom is 0.320 e. The van der Waals surface area contributed by atoms with Gasteiger partial charge in [0.25, 0.3) is 0 Å². The highest BCUT2D eigenvalue weighted by atomic mass is 16.5. The zero-order valence-electron chi connectivity index (χ0n) is 29.2. The molecule has 2 aliphatic rings. The quantitative estimate of drug-likeness (QED) is 0.176. The highest BCUT2D eigenvalue weighted by Gasteiger charge is 2.31. The van der Waals surface area contributed by atoms with Gasteiger partial charge in [-0.2, -0.15) is 0 Å². The monoisotopic (exact) mass is 652 g/mol. The van der Waals surface area contributed by atoms with E-state index in [1.165, 1.54) is 12.8 Å². The Hall–Kier alpha value is -4.38. The Kier molecular flexibility index (Phi) is 9.26. The number of ether oxygens (including phenoxy) is 1. The second kappa shape index (κ2) is 13.3. The normalized spacial score (nSPS) is 18.1. The lowest BCUT2D eigenvalue weighted by Crippen LogP contribution is -2.36. The molecule has 48 heavy (non-hydrogen) atoms. The number of carbonyl (C=O) groups excluding carboxylic acids is 2. The van der Waals surface area contributed by atoms with Gasteiger partial charge in [0.15, 0.2) is 17.3 Å². The van der Waals surface area contributed by atoms with Gasteiger partial charge >= 0.3 is 6.03 Å². The van der Waals surface area contributed by atoms with E-state index in [-0.39, 0.29) is 40.6 Å². The van der Waals surface area contributed by atoms with Crippen LogP contribution in [-0.2, 0) is 10.8 Å². The molecule has 0 saturated heterocycles. The zero-order chi connectivity index (χ0) is 34.2. The summed E-state index contributed by atoms with van der Waals surface area (Å²) < 4.78 is 8.55. The molecule has 1 saturated carbocycles. The lowest BCUT2D eigenvalue weighted by atomic mass is 9.85.